The van der Waals surface area contributed by atoms with Crippen molar-refractivity contribution in [2.75, 3.05) is 18.4 Å². The molecule has 4 heteroatoms. The van der Waals surface area contributed by atoms with E-state index < -0.39 is 0 Å². The molecule has 2 rings (SSSR count). The molecule has 0 aromatic heterocycles. The topological polar surface area (TPSA) is 61.4 Å². The van der Waals surface area contributed by atoms with Crippen LogP contribution in [0.15, 0.2) is 18.2 Å². The number of rotatable bonds is 2. The number of anilines is 1. The molecule has 0 saturated carbocycles. The van der Waals surface area contributed by atoms with Gasteiger partial charge in [0.15, 0.2) is 0 Å². The van der Waals surface area contributed by atoms with Gasteiger partial charge in [0.2, 0.25) is 5.91 Å². The molecule has 0 aliphatic carbocycles. The number of carbonyl (C=O) groups is 1. The van der Waals surface area contributed by atoms with Gasteiger partial charge in [-0.2, -0.15) is 0 Å². The van der Waals surface area contributed by atoms with E-state index in [-0.39, 0.29) is 17.6 Å². The molecule has 1 aromatic rings. The number of aromatic hydroxyl groups is 1. The van der Waals surface area contributed by atoms with Gasteiger partial charge in [-0.1, -0.05) is 0 Å². The number of amides is 1. The second-order valence-electron chi connectivity index (χ2n) is 4.53. The maximum atomic E-state index is 12.0. The predicted octanol–water partition coefficient (Wildman–Crippen LogP) is 1.64. The van der Waals surface area contributed by atoms with Crippen LogP contribution in [-0.2, 0) is 4.79 Å². The van der Waals surface area contributed by atoms with Crippen LogP contribution in [0, 0.1) is 12.8 Å². The molecule has 0 unspecified atom stereocenters. The molecule has 0 spiro atoms. The molecule has 17 heavy (non-hydrogen) atoms. The van der Waals surface area contributed by atoms with Gasteiger partial charge in [-0.25, -0.2) is 0 Å². The fourth-order valence-corrected chi connectivity index (χ4v) is 2.10. The highest BCUT2D eigenvalue weighted by Crippen LogP contribution is 2.21. The lowest BCUT2D eigenvalue weighted by atomic mass is 9.98. The van der Waals surface area contributed by atoms with Crippen LogP contribution < -0.4 is 10.6 Å². The highest BCUT2D eigenvalue weighted by Gasteiger charge is 2.21. The number of nitrogens with one attached hydrogen (secondary N) is 2. The Balaban J connectivity index is 2.02. The summed E-state index contributed by atoms with van der Waals surface area (Å²) in [6.07, 6.45) is 1.99. The van der Waals surface area contributed by atoms with Crippen LogP contribution in [0.1, 0.15) is 18.4 Å². The number of phenols is 1. The Morgan fingerprint density at radius 2 is 2.35 bits per heavy atom. The molecule has 1 saturated heterocycles. The molecule has 0 radical (unpaired) electrons. The van der Waals surface area contributed by atoms with Crippen molar-refractivity contribution in [1.82, 2.24) is 5.32 Å². The first kappa shape index (κ1) is 11.9. The summed E-state index contributed by atoms with van der Waals surface area (Å²) < 4.78 is 0. The fraction of sp³-hybridized carbons (Fsp3) is 0.462. The zero-order valence-electron chi connectivity index (χ0n) is 9.99. The Kier molecular flexibility index (Phi) is 3.64. The number of aryl methyl sites for hydroxylation is 1. The van der Waals surface area contributed by atoms with Crippen LogP contribution in [0.2, 0.25) is 0 Å². The molecule has 1 heterocycles. The van der Waals surface area contributed by atoms with Crippen molar-refractivity contribution in [1.29, 1.82) is 0 Å². The number of phenolic OH excluding ortho intramolecular Hbond substituents is 1. The van der Waals surface area contributed by atoms with E-state index in [2.05, 4.69) is 10.6 Å². The van der Waals surface area contributed by atoms with Crippen molar-refractivity contribution in [3.63, 3.8) is 0 Å². The molecule has 4 nitrogen and oxygen atoms in total. The molecule has 1 aromatic carbocycles. The third kappa shape index (κ3) is 2.97. The van der Waals surface area contributed by atoms with Gasteiger partial charge >= 0.3 is 0 Å². The van der Waals surface area contributed by atoms with Crippen LogP contribution >= 0.6 is 0 Å². The highest BCUT2D eigenvalue weighted by atomic mass is 16.3. The lowest BCUT2D eigenvalue weighted by molar-refractivity contribution is -0.120. The highest BCUT2D eigenvalue weighted by molar-refractivity contribution is 5.93. The molecular formula is C13H18N2O2. The monoisotopic (exact) mass is 234 g/mol. The van der Waals surface area contributed by atoms with Gasteiger partial charge < -0.3 is 15.7 Å². The summed E-state index contributed by atoms with van der Waals surface area (Å²) in [4.78, 5) is 12.0. The Morgan fingerprint density at radius 1 is 1.53 bits per heavy atom. The van der Waals surface area contributed by atoms with Gasteiger partial charge in [0.25, 0.3) is 0 Å². The fourth-order valence-electron chi connectivity index (χ4n) is 2.10. The summed E-state index contributed by atoms with van der Waals surface area (Å²) in [5, 5.41) is 15.4. The maximum Gasteiger partial charge on any atom is 0.228 e. The molecule has 3 N–H and O–H groups in total. The van der Waals surface area contributed by atoms with Crippen LogP contribution in [-0.4, -0.2) is 24.1 Å². The van der Waals surface area contributed by atoms with Crippen molar-refractivity contribution in [3.05, 3.63) is 23.8 Å². The largest absolute Gasteiger partial charge is 0.508 e. The van der Waals surface area contributed by atoms with Crippen molar-refractivity contribution in [3.8, 4) is 5.75 Å². The summed E-state index contributed by atoms with van der Waals surface area (Å²) in [5.74, 6) is 0.336. The SMILES string of the molecule is Cc1cc(O)ccc1NC(=O)[C@@H]1CCCNC1. The number of hydrogen-bond donors (Lipinski definition) is 3. The summed E-state index contributed by atoms with van der Waals surface area (Å²) in [5.41, 5.74) is 1.65. The molecule has 1 aliphatic heterocycles. The van der Waals surface area contributed by atoms with Gasteiger partial charge in [0.1, 0.15) is 5.75 Å². The second kappa shape index (κ2) is 5.19. The Hall–Kier alpha value is -1.55. The first-order valence-electron chi connectivity index (χ1n) is 5.98. The minimum atomic E-state index is 0.0527. The van der Waals surface area contributed by atoms with E-state index in [1.165, 1.54) is 0 Å². The van der Waals surface area contributed by atoms with Crippen molar-refractivity contribution in [2.45, 2.75) is 19.8 Å². The molecule has 1 fully saturated rings. The number of carbonyl (C=O) groups excluding carboxylic acids is 1. The smallest absolute Gasteiger partial charge is 0.228 e. The van der Waals surface area contributed by atoms with Gasteiger partial charge in [-0.05, 0) is 50.1 Å². The zero-order valence-corrected chi connectivity index (χ0v) is 9.99. The summed E-state index contributed by atoms with van der Waals surface area (Å²) in [7, 11) is 0. The van der Waals surface area contributed by atoms with E-state index >= 15 is 0 Å². The molecule has 1 aliphatic rings. The van der Waals surface area contributed by atoms with E-state index in [0.717, 1.165) is 37.2 Å². The molecule has 0 bridgehead atoms. The minimum Gasteiger partial charge on any atom is -0.508 e. The van der Waals surface area contributed by atoms with E-state index in [0.29, 0.717) is 0 Å². The first-order valence-corrected chi connectivity index (χ1v) is 5.98. The third-order valence-electron chi connectivity index (χ3n) is 3.14. The van der Waals surface area contributed by atoms with Crippen molar-refractivity contribution < 1.29 is 9.90 Å². The molecule has 92 valence electrons. The van der Waals surface area contributed by atoms with Gasteiger partial charge in [-0.15, -0.1) is 0 Å². The van der Waals surface area contributed by atoms with Crippen molar-refractivity contribution >= 4 is 11.6 Å². The summed E-state index contributed by atoms with van der Waals surface area (Å²) in [6.45, 7) is 3.62. The molecular weight excluding hydrogens is 216 g/mol. The van der Waals surface area contributed by atoms with Crippen LogP contribution in [0.5, 0.6) is 5.75 Å². The minimum absolute atomic E-state index is 0.0527. The van der Waals surface area contributed by atoms with E-state index in [1.54, 1.807) is 18.2 Å². The van der Waals surface area contributed by atoms with Crippen LogP contribution in [0.3, 0.4) is 0 Å². The van der Waals surface area contributed by atoms with Crippen molar-refractivity contribution in [2.24, 2.45) is 5.92 Å². The lowest BCUT2D eigenvalue weighted by Crippen LogP contribution is -2.37. The average Bonchev–Trinajstić information content (AvgIpc) is 2.34. The van der Waals surface area contributed by atoms with Crippen LogP contribution in [0.4, 0.5) is 5.69 Å². The third-order valence-corrected chi connectivity index (χ3v) is 3.14. The number of hydrogen-bond acceptors (Lipinski definition) is 3. The molecule has 1 atom stereocenters. The van der Waals surface area contributed by atoms with E-state index in [1.807, 2.05) is 6.92 Å². The second-order valence-corrected chi connectivity index (χ2v) is 4.53. The quantitative estimate of drug-likeness (QED) is 0.682. The standard InChI is InChI=1S/C13H18N2O2/c1-9-7-11(16)4-5-12(9)15-13(17)10-3-2-6-14-8-10/h4-5,7,10,14,16H,2-3,6,8H2,1H3,(H,15,17)/t10-/m1/s1. The Labute approximate surface area is 101 Å². The van der Waals surface area contributed by atoms with E-state index in [9.17, 15) is 9.90 Å². The molecule has 1 amide bonds. The van der Waals surface area contributed by atoms with Gasteiger partial charge in [0.05, 0.1) is 5.92 Å². The first-order chi connectivity index (χ1) is 8.16. The predicted molar refractivity (Wildman–Crippen MR) is 67.1 cm³/mol. The summed E-state index contributed by atoms with van der Waals surface area (Å²) >= 11 is 0. The van der Waals surface area contributed by atoms with Crippen LogP contribution in [0.25, 0.3) is 0 Å². The summed E-state index contributed by atoms with van der Waals surface area (Å²) in [6, 6.07) is 4.97. The van der Waals surface area contributed by atoms with E-state index in [4.69, 9.17) is 0 Å². The lowest BCUT2D eigenvalue weighted by Gasteiger charge is -2.22. The number of benzene rings is 1. The van der Waals surface area contributed by atoms with Gasteiger partial charge in [-0.3, -0.25) is 4.79 Å². The maximum absolute atomic E-state index is 12.0. The zero-order chi connectivity index (χ0) is 12.3. The normalized spacial score (nSPS) is 19.9. The average molecular weight is 234 g/mol. The Morgan fingerprint density at radius 3 is 3.00 bits per heavy atom. The number of piperidine rings is 1. The Bertz CT molecular complexity index is 412. The van der Waals surface area contributed by atoms with Gasteiger partial charge in [0, 0.05) is 12.2 Å².